The fraction of sp³-hybridized carbons (Fsp3) is 0.600. The summed E-state index contributed by atoms with van der Waals surface area (Å²) in [6, 6.07) is 0.106. The molecule has 2 fully saturated rings. The van der Waals surface area contributed by atoms with Gasteiger partial charge in [-0.15, -0.1) is 0 Å². The number of urea groups is 1. The van der Waals surface area contributed by atoms with Gasteiger partial charge in [-0.1, -0.05) is 6.92 Å². The number of nitrogens with one attached hydrogen (secondary N) is 1. The Labute approximate surface area is 133 Å². The molecule has 8 heteroatoms. The number of aryl methyl sites for hydroxylation is 1. The van der Waals surface area contributed by atoms with E-state index in [-0.39, 0.29) is 17.5 Å². The van der Waals surface area contributed by atoms with Crippen LogP contribution in [0.3, 0.4) is 0 Å². The number of rotatable bonds is 1. The number of fused-ring (bicyclic) bond motifs is 1. The van der Waals surface area contributed by atoms with Crippen LogP contribution in [0.15, 0.2) is 11.0 Å². The second kappa shape index (κ2) is 5.07. The van der Waals surface area contributed by atoms with Crippen LogP contribution < -0.4 is 5.56 Å². The minimum absolute atomic E-state index is 0.0889. The number of likely N-dealkylation sites (tertiary alicyclic amines) is 2. The van der Waals surface area contributed by atoms with E-state index in [1.165, 1.54) is 6.20 Å². The Balaban J connectivity index is 1.48. The van der Waals surface area contributed by atoms with E-state index in [9.17, 15) is 9.59 Å². The normalized spacial score (nSPS) is 21.9. The zero-order chi connectivity index (χ0) is 16.1. The van der Waals surface area contributed by atoms with Gasteiger partial charge in [-0.25, -0.2) is 9.78 Å². The molecule has 2 aliphatic rings. The van der Waals surface area contributed by atoms with E-state index in [2.05, 4.69) is 22.0 Å². The fourth-order valence-electron chi connectivity index (χ4n) is 3.36. The van der Waals surface area contributed by atoms with Gasteiger partial charge in [0.2, 0.25) is 0 Å². The Morgan fingerprint density at radius 1 is 1.30 bits per heavy atom. The SMILES string of the molecule is CC1CCN(C(=O)N2CC(c3nc4c(cnn4C)c(=O)[nH]3)C2)C1. The van der Waals surface area contributed by atoms with Gasteiger partial charge in [0.15, 0.2) is 5.65 Å². The smallest absolute Gasteiger partial charge is 0.320 e. The zero-order valence-electron chi connectivity index (χ0n) is 13.3. The molecule has 4 rings (SSSR count). The summed E-state index contributed by atoms with van der Waals surface area (Å²) in [6.45, 7) is 5.07. The number of aromatic amines is 1. The third-order valence-corrected chi connectivity index (χ3v) is 4.85. The molecular formula is C15H20N6O2. The van der Waals surface area contributed by atoms with Gasteiger partial charge in [-0.2, -0.15) is 5.10 Å². The molecule has 0 saturated carbocycles. The van der Waals surface area contributed by atoms with Crippen molar-refractivity contribution in [1.29, 1.82) is 0 Å². The van der Waals surface area contributed by atoms with E-state index in [0.717, 1.165) is 19.5 Å². The lowest BCUT2D eigenvalue weighted by Gasteiger charge is -2.40. The number of H-pyrrole nitrogens is 1. The summed E-state index contributed by atoms with van der Waals surface area (Å²) < 4.78 is 1.60. The number of hydrogen-bond donors (Lipinski definition) is 1. The van der Waals surface area contributed by atoms with Crippen molar-refractivity contribution in [2.45, 2.75) is 19.3 Å². The largest absolute Gasteiger partial charge is 0.324 e. The molecule has 0 radical (unpaired) electrons. The van der Waals surface area contributed by atoms with Crippen molar-refractivity contribution in [3.63, 3.8) is 0 Å². The van der Waals surface area contributed by atoms with Crippen LogP contribution >= 0.6 is 0 Å². The van der Waals surface area contributed by atoms with Crippen molar-refractivity contribution in [3.05, 3.63) is 22.4 Å². The standard InChI is InChI=1S/C15H20N6O2/c1-9-3-4-20(6-9)15(23)21-7-10(8-21)12-17-13-11(14(22)18-12)5-16-19(13)2/h5,9-10H,3-4,6-8H2,1-2H3,(H,17,18,22). The van der Waals surface area contributed by atoms with Gasteiger partial charge >= 0.3 is 6.03 Å². The van der Waals surface area contributed by atoms with Crippen molar-refractivity contribution in [1.82, 2.24) is 29.5 Å². The van der Waals surface area contributed by atoms with Crippen molar-refractivity contribution in [3.8, 4) is 0 Å². The van der Waals surface area contributed by atoms with Crippen LogP contribution in [0.5, 0.6) is 0 Å². The number of amides is 2. The Kier molecular flexibility index (Phi) is 3.14. The highest BCUT2D eigenvalue weighted by atomic mass is 16.2. The van der Waals surface area contributed by atoms with Crippen molar-refractivity contribution >= 4 is 17.1 Å². The van der Waals surface area contributed by atoms with Gasteiger partial charge in [-0.05, 0) is 12.3 Å². The monoisotopic (exact) mass is 316 g/mol. The lowest BCUT2D eigenvalue weighted by atomic mass is 9.99. The van der Waals surface area contributed by atoms with Crippen LogP contribution in [-0.2, 0) is 7.05 Å². The highest BCUT2D eigenvalue weighted by molar-refractivity contribution is 5.76. The van der Waals surface area contributed by atoms with Gasteiger partial charge in [0.1, 0.15) is 11.2 Å². The molecule has 1 atom stereocenters. The van der Waals surface area contributed by atoms with Crippen molar-refractivity contribution < 1.29 is 4.79 Å². The molecule has 1 N–H and O–H groups in total. The molecule has 4 heterocycles. The molecule has 2 saturated heterocycles. The van der Waals surface area contributed by atoms with E-state index >= 15 is 0 Å². The van der Waals surface area contributed by atoms with E-state index < -0.39 is 0 Å². The number of nitrogens with zero attached hydrogens (tertiary/aromatic N) is 5. The molecule has 0 spiro atoms. The van der Waals surface area contributed by atoms with Gasteiger partial charge in [0, 0.05) is 33.2 Å². The average Bonchev–Trinajstić information content (AvgIpc) is 3.05. The Hall–Kier alpha value is -2.38. The minimum atomic E-state index is -0.170. The van der Waals surface area contributed by atoms with Crippen LogP contribution in [0.25, 0.3) is 11.0 Å². The summed E-state index contributed by atoms with van der Waals surface area (Å²) in [5.74, 6) is 1.32. The molecule has 2 aromatic heterocycles. The highest BCUT2D eigenvalue weighted by Crippen LogP contribution is 2.27. The Morgan fingerprint density at radius 3 is 2.78 bits per heavy atom. The van der Waals surface area contributed by atoms with Crippen LogP contribution in [0.2, 0.25) is 0 Å². The molecular weight excluding hydrogens is 296 g/mol. The second-order valence-corrected chi connectivity index (χ2v) is 6.68. The molecule has 2 aromatic rings. The first-order chi connectivity index (χ1) is 11.0. The first-order valence-corrected chi connectivity index (χ1v) is 7.98. The van der Waals surface area contributed by atoms with E-state index in [0.29, 0.717) is 35.9 Å². The van der Waals surface area contributed by atoms with Crippen LogP contribution in [0.1, 0.15) is 25.1 Å². The predicted molar refractivity (Wildman–Crippen MR) is 84.2 cm³/mol. The number of hydrogen-bond acceptors (Lipinski definition) is 4. The number of aromatic nitrogens is 4. The molecule has 122 valence electrons. The first-order valence-electron chi connectivity index (χ1n) is 7.98. The molecule has 1 unspecified atom stereocenters. The maximum absolute atomic E-state index is 12.4. The Morgan fingerprint density at radius 2 is 2.09 bits per heavy atom. The zero-order valence-corrected chi connectivity index (χ0v) is 13.3. The second-order valence-electron chi connectivity index (χ2n) is 6.68. The molecule has 23 heavy (non-hydrogen) atoms. The lowest BCUT2D eigenvalue weighted by Crippen LogP contribution is -2.53. The maximum atomic E-state index is 12.4. The molecule has 0 bridgehead atoms. The van der Waals surface area contributed by atoms with Crippen LogP contribution in [0, 0.1) is 5.92 Å². The average molecular weight is 316 g/mol. The summed E-state index contributed by atoms with van der Waals surface area (Å²) in [4.78, 5) is 35.6. The van der Waals surface area contributed by atoms with Crippen LogP contribution in [0.4, 0.5) is 4.79 Å². The summed E-state index contributed by atoms with van der Waals surface area (Å²) in [7, 11) is 1.77. The Bertz CT molecular complexity index is 819. The van der Waals surface area contributed by atoms with Gasteiger partial charge in [0.25, 0.3) is 5.56 Å². The number of carbonyl (C=O) groups excluding carboxylic acids is 1. The summed E-state index contributed by atoms with van der Waals surface area (Å²) in [6.07, 6.45) is 2.60. The quantitative estimate of drug-likeness (QED) is 0.831. The molecule has 8 nitrogen and oxygen atoms in total. The van der Waals surface area contributed by atoms with Crippen molar-refractivity contribution in [2.75, 3.05) is 26.2 Å². The summed E-state index contributed by atoms with van der Waals surface area (Å²) in [5, 5.41) is 4.56. The maximum Gasteiger partial charge on any atom is 0.320 e. The fourth-order valence-corrected chi connectivity index (χ4v) is 3.36. The van der Waals surface area contributed by atoms with E-state index in [1.54, 1.807) is 11.7 Å². The van der Waals surface area contributed by atoms with E-state index in [4.69, 9.17) is 0 Å². The third-order valence-electron chi connectivity index (χ3n) is 4.85. The molecule has 0 aromatic carbocycles. The topological polar surface area (TPSA) is 87.1 Å². The predicted octanol–water partition coefficient (Wildman–Crippen LogP) is 0.518. The van der Waals surface area contributed by atoms with Gasteiger partial charge < -0.3 is 14.8 Å². The third kappa shape index (κ3) is 2.29. The molecule has 2 amide bonds. The van der Waals surface area contributed by atoms with Gasteiger partial charge in [-0.3, -0.25) is 9.48 Å². The van der Waals surface area contributed by atoms with E-state index in [1.807, 2.05) is 9.80 Å². The van der Waals surface area contributed by atoms with Crippen LogP contribution in [-0.4, -0.2) is 61.8 Å². The minimum Gasteiger partial charge on any atom is -0.324 e. The van der Waals surface area contributed by atoms with Crippen molar-refractivity contribution in [2.24, 2.45) is 13.0 Å². The first kappa shape index (κ1) is 14.2. The molecule has 2 aliphatic heterocycles. The number of carbonyl (C=O) groups is 1. The highest BCUT2D eigenvalue weighted by Gasteiger charge is 2.37. The lowest BCUT2D eigenvalue weighted by molar-refractivity contribution is 0.118. The summed E-state index contributed by atoms with van der Waals surface area (Å²) in [5.41, 5.74) is 0.415. The van der Waals surface area contributed by atoms with Gasteiger partial charge in [0.05, 0.1) is 12.1 Å². The molecule has 0 aliphatic carbocycles. The summed E-state index contributed by atoms with van der Waals surface area (Å²) >= 11 is 0.